The summed E-state index contributed by atoms with van der Waals surface area (Å²) in [4.78, 5) is 5.20. The summed E-state index contributed by atoms with van der Waals surface area (Å²) in [6.07, 6.45) is -0.609. The Hall–Kier alpha value is -1.46. The van der Waals surface area contributed by atoms with E-state index in [1.165, 1.54) is 0 Å². The van der Waals surface area contributed by atoms with E-state index < -0.39 is 0 Å². The van der Waals surface area contributed by atoms with Gasteiger partial charge in [0.05, 0.1) is 25.3 Å². The molecule has 2 atom stereocenters. The largest absolute Gasteiger partial charge is 0.349 e. The number of rotatable bonds is 4. The Morgan fingerprint density at radius 2 is 1.54 bits per heavy atom. The number of hydrogen-bond donors (Lipinski definition) is 0. The lowest BCUT2D eigenvalue weighted by molar-refractivity contribution is 0.0408. The zero-order chi connectivity index (χ0) is 9.52. The summed E-state index contributed by atoms with van der Waals surface area (Å²) in [5, 5.41) is 6.71. The molecule has 1 saturated heterocycles. The Bertz CT molecular complexity index is 230. The third-order valence-electron chi connectivity index (χ3n) is 1.63. The molecule has 0 aliphatic carbocycles. The molecule has 70 valence electrons. The van der Waals surface area contributed by atoms with Gasteiger partial charge in [0.1, 0.15) is 6.79 Å². The highest BCUT2D eigenvalue weighted by molar-refractivity contribution is 4.78. The van der Waals surface area contributed by atoms with Crippen molar-refractivity contribution in [2.75, 3.05) is 19.9 Å². The monoisotopic (exact) mass is 184 g/mol. The minimum absolute atomic E-state index is 0.150. The van der Waals surface area contributed by atoms with Gasteiger partial charge in [0.25, 0.3) is 0 Å². The normalized spacial score (nSPS) is 26.2. The maximum Gasteiger partial charge on any atom is 0.147 e. The van der Waals surface area contributed by atoms with Gasteiger partial charge >= 0.3 is 0 Å². The summed E-state index contributed by atoms with van der Waals surface area (Å²) >= 11 is 0. The highest BCUT2D eigenvalue weighted by atomic mass is 16.7. The molecule has 0 aromatic carbocycles. The first-order valence-electron chi connectivity index (χ1n) is 3.63. The van der Waals surface area contributed by atoms with Crippen molar-refractivity contribution in [3.63, 3.8) is 0 Å². The molecule has 1 fully saturated rings. The van der Waals surface area contributed by atoms with E-state index in [9.17, 15) is 0 Å². The van der Waals surface area contributed by atoms with Crippen LogP contribution in [0.1, 0.15) is 0 Å². The highest BCUT2D eigenvalue weighted by Crippen LogP contribution is 2.13. The van der Waals surface area contributed by atoms with Gasteiger partial charge in [-0.3, -0.25) is 0 Å². The van der Waals surface area contributed by atoms with Gasteiger partial charge in [-0.1, -0.05) is 10.2 Å². The first-order chi connectivity index (χ1) is 6.38. The van der Waals surface area contributed by atoms with Crippen LogP contribution in [0, 0.1) is 0 Å². The SMILES string of the molecule is [N-]=[N+]=NCC1OCOC1CN=[N+]=[N-]. The van der Waals surface area contributed by atoms with Crippen molar-refractivity contribution in [1.29, 1.82) is 0 Å². The maximum absolute atomic E-state index is 8.07. The van der Waals surface area contributed by atoms with Crippen molar-refractivity contribution in [2.45, 2.75) is 12.2 Å². The molecule has 0 spiro atoms. The summed E-state index contributed by atoms with van der Waals surface area (Å²) in [6.45, 7) is 0.543. The summed E-state index contributed by atoms with van der Waals surface area (Å²) in [5.74, 6) is 0. The van der Waals surface area contributed by atoms with Crippen LogP contribution in [0.25, 0.3) is 20.9 Å². The number of ether oxygens (including phenoxy) is 2. The van der Waals surface area contributed by atoms with E-state index in [4.69, 9.17) is 20.5 Å². The summed E-state index contributed by atoms with van der Waals surface area (Å²) < 4.78 is 10.2. The Kier molecular flexibility index (Phi) is 3.87. The standard InChI is InChI=1S/C5H8N6O2/c6-10-8-1-4-5(2-9-11-7)13-3-12-4/h4-5H,1-3H2. The molecule has 0 amide bonds. The molecule has 0 N–H and O–H groups in total. The van der Waals surface area contributed by atoms with Crippen molar-refractivity contribution >= 4 is 0 Å². The molecule has 8 nitrogen and oxygen atoms in total. The van der Waals surface area contributed by atoms with Gasteiger partial charge in [0, 0.05) is 9.82 Å². The van der Waals surface area contributed by atoms with E-state index in [1.54, 1.807) is 0 Å². The van der Waals surface area contributed by atoms with E-state index in [-0.39, 0.29) is 32.1 Å². The zero-order valence-electron chi connectivity index (χ0n) is 6.78. The fraction of sp³-hybridized carbons (Fsp3) is 1.00. The van der Waals surface area contributed by atoms with Gasteiger partial charge in [0.15, 0.2) is 0 Å². The Morgan fingerprint density at radius 3 is 1.92 bits per heavy atom. The highest BCUT2D eigenvalue weighted by Gasteiger charge is 2.27. The smallest absolute Gasteiger partial charge is 0.147 e. The molecule has 1 aliphatic rings. The van der Waals surface area contributed by atoms with E-state index in [0.29, 0.717) is 0 Å². The van der Waals surface area contributed by atoms with Gasteiger partial charge in [0.2, 0.25) is 0 Å². The Morgan fingerprint density at radius 1 is 1.08 bits per heavy atom. The third-order valence-corrected chi connectivity index (χ3v) is 1.63. The van der Waals surface area contributed by atoms with Crippen molar-refractivity contribution in [2.24, 2.45) is 10.2 Å². The van der Waals surface area contributed by atoms with Crippen LogP contribution < -0.4 is 0 Å². The molecule has 1 aliphatic heterocycles. The van der Waals surface area contributed by atoms with Gasteiger partial charge in [-0.05, 0) is 11.1 Å². The second-order valence-electron chi connectivity index (χ2n) is 2.35. The van der Waals surface area contributed by atoms with Gasteiger partial charge in [-0.15, -0.1) is 0 Å². The van der Waals surface area contributed by atoms with Crippen LogP contribution in [0.4, 0.5) is 0 Å². The Labute approximate surface area is 73.7 Å². The molecule has 0 bridgehead atoms. The zero-order valence-corrected chi connectivity index (χ0v) is 6.78. The lowest BCUT2D eigenvalue weighted by Gasteiger charge is -2.11. The van der Waals surface area contributed by atoms with Crippen LogP contribution in [0.2, 0.25) is 0 Å². The van der Waals surface area contributed by atoms with Crippen molar-refractivity contribution < 1.29 is 9.47 Å². The molecular weight excluding hydrogens is 176 g/mol. The second-order valence-corrected chi connectivity index (χ2v) is 2.35. The van der Waals surface area contributed by atoms with Crippen LogP contribution in [-0.4, -0.2) is 32.1 Å². The van der Waals surface area contributed by atoms with Gasteiger partial charge < -0.3 is 9.47 Å². The minimum Gasteiger partial charge on any atom is -0.349 e. The number of nitrogens with zero attached hydrogens (tertiary/aromatic N) is 6. The molecule has 8 heteroatoms. The number of azide groups is 2. The molecular formula is C5H8N6O2. The third kappa shape index (κ3) is 2.81. The number of hydrogen-bond acceptors (Lipinski definition) is 4. The average molecular weight is 184 g/mol. The lowest BCUT2D eigenvalue weighted by atomic mass is 10.2. The predicted molar refractivity (Wildman–Crippen MR) is 42.6 cm³/mol. The molecule has 13 heavy (non-hydrogen) atoms. The van der Waals surface area contributed by atoms with Crippen LogP contribution in [0.3, 0.4) is 0 Å². The van der Waals surface area contributed by atoms with E-state index >= 15 is 0 Å². The minimum atomic E-state index is -0.304. The molecule has 1 heterocycles. The fourth-order valence-electron chi connectivity index (χ4n) is 1.00. The lowest BCUT2D eigenvalue weighted by Crippen LogP contribution is -2.27. The van der Waals surface area contributed by atoms with Crippen LogP contribution in [0.15, 0.2) is 10.2 Å². The maximum atomic E-state index is 8.07. The quantitative estimate of drug-likeness (QED) is 0.372. The first kappa shape index (κ1) is 9.63. The van der Waals surface area contributed by atoms with Crippen molar-refractivity contribution in [3.05, 3.63) is 20.9 Å². The van der Waals surface area contributed by atoms with Crippen molar-refractivity contribution in [1.82, 2.24) is 0 Å². The molecule has 2 unspecified atom stereocenters. The first-order valence-corrected chi connectivity index (χ1v) is 3.63. The topological polar surface area (TPSA) is 116 Å². The van der Waals surface area contributed by atoms with Crippen LogP contribution in [0.5, 0.6) is 0 Å². The van der Waals surface area contributed by atoms with E-state index in [2.05, 4.69) is 20.1 Å². The van der Waals surface area contributed by atoms with Crippen molar-refractivity contribution in [3.8, 4) is 0 Å². The van der Waals surface area contributed by atoms with E-state index in [0.717, 1.165) is 0 Å². The molecule has 0 saturated carbocycles. The summed E-state index contributed by atoms with van der Waals surface area (Å²) in [5.41, 5.74) is 16.1. The summed E-state index contributed by atoms with van der Waals surface area (Å²) in [7, 11) is 0. The van der Waals surface area contributed by atoms with Gasteiger partial charge in [-0.2, -0.15) is 0 Å². The molecule has 1 rings (SSSR count). The van der Waals surface area contributed by atoms with E-state index in [1.807, 2.05) is 0 Å². The molecule has 0 aromatic rings. The summed E-state index contributed by atoms with van der Waals surface area (Å²) in [6, 6.07) is 0. The fourth-order valence-corrected chi connectivity index (χ4v) is 1.00. The molecule has 0 radical (unpaired) electrons. The van der Waals surface area contributed by atoms with Crippen LogP contribution in [-0.2, 0) is 9.47 Å². The predicted octanol–water partition coefficient (Wildman–Crippen LogP) is 1.35. The average Bonchev–Trinajstić information content (AvgIpc) is 2.59. The molecule has 0 aromatic heterocycles. The Balaban J connectivity index is 2.42. The second kappa shape index (κ2) is 5.23. The van der Waals surface area contributed by atoms with Crippen LogP contribution >= 0.6 is 0 Å². The van der Waals surface area contributed by atoms with Gasteiger partial charge in [-0.25, -0.2) is 0 Å².